The highest BCUT2D eigenvalue weighted by Gasteiger charge is 2.19. The molecule has 0 aromatic heterocycles. The van der Waals surface area contributed by atoms with E-state index in [1.807, 2.05) is 0 Å². The molecule has 0 aromatic carbocycles. The van der Waals surface area contributed by atoms with E-state index in [-0.39, 0.29) is 31.1 Å². The van der Waals surface area contributed by atoms with Gasteiger partial charge in [-0.15, -0.1) is 0 Å². The van der Waals surface area contributed by atoms with Crippen LogP contribution in [0.15, 0.2) is 24.3 Å². The minimum atomic E-state index is -0.773. The van der Waals surface area contributed by atoms with Crippen LogP contribution in [0.3, 0.4) is 0 Å². The molecule has 0 aliphatic carbocycles. The van der Waals surface area contributed by atoms with Gasteiger partial charge in [0.05, 0.1) is 0 Å². The summed E-state index contributed by atoms with van der Waals surface area (Å²) in [6.45, 7) is 6.68. The summed E-state index contributed by atoms with van der Waals surface area (Å²) in [5.74, 6) is -0.855. The zero-order valence-corrected chi connectivity index (χ0v) is 49.4. The summed E-state index contributed by atoms with van der Waals surface area (Å²) < 4.78 is 16.9. The summed E-state index contributed by atoms with van der Waals surface area (Å²) in [4.78, 5) is 38.3. The van der Waals surface area contributed by atoms with E-state index in [4.69, 9.17) is 14.2 Å². The molecule has 0 aromatic rings. The second-order valence-electron chi connectivity index (χ2n) is 22.4. The third-order valence-corrected chi connectivity index (χ3v) is 15.0. The van der Waals surface area contributed by atoms with E-state index in [0.29, 0.717) is 19.3 Å². The molecule has 0 aliphatic heterocycles. The molecule has 0 heterocycles. The van der Waals surface area contributed by atoms with Crippen molar-refractivity contribution in [3.05, 3.63) is 24.3 Å². The van der Waals surface area contributed by atoms with E-state index in [1.54, 1.807) is 0 Å². The van der Waals surface area contributed by atoms with Crippen molar-refractivity contribution in [2.24, 2.45) is 0 Å². The van der Waals surface area contributed by atoms with Gasteiger partial charge in [0.25, 0.3) is 0 Å². The lowest BCUT2D eigenvalue weighted by atomic mass is 10.0. The Kier molecular flexibility index (Phi) is 60.6. The van der Waals surface area contributed by atoms with E-state index in [1.165, 1.54) is 250 Å². The second kappa shape index (κ2) is 62.4. The van der Waals surface area contributed by atoms with Crippen LogP contribution in [0.25, 0.3) is 0 Å². The maximum atomic E-state index is 12.9. The molecule has 0 rings (SSSR count). The van der Waals surface area contributed by atoms with Crippen LogP contribution in [0.2, 0.25) is 0 Å². The third-order valence-electron chi connectivity index (χ3n) is 15.0. The molecule has 1 unspecified atom stereocenters. The topological polar surface area (TPSA) is 78.9 Å². The van der Waals surface area contributed by atoms with Crippen LogP contribution in [0.5, 0.6) is 0 Å². The van der Waals surface area contributed by atoms with E-state index < -0.39 is 6.10 Å². The molecule has 73 heavy (non-hydrogen) atoms. The molecule has 0 saturated heterocycles. The van der Waals surface area contributed by atoms with Gasteiger partial charge in [-0.05, 0) is 51.4 Å². The van der Waals surface area contributed by atoms with Crippen LogP contribution < -0.4 is 0 Å². The van der Waals surface area contributed by atoms with Gasteiger partial charge in [0.15, 0.2) is 6.10 Å². The first-order valence-electron chi connectivity index (χ1n) is 32.8. The summed E-state index contributed by atoms with van der Waals surface area (Å²) in [6, 6.07) is 0. The number of rotatable bonds is 61. The number of hydrogen-bond acceptors (Lipinski definition) is 6. The Morgan fingerprint density at radius 3 is 0.781 bits per heavy atom. The molecule has 430 valence electrons. The lowest BCUT2D eigenvalue weighted by Crippen LogP contribution is -2.30. The highest BCUT2D eigenvalue weighted by atomic mass is 16.6. The Hall–Kier alpha value is -2.11. The minimum absolute atomic E-state index is 0.0695. The first-order valence-corrected chi connectivity index (χ1v) is 32.8. The zero-order chi connectivity index (χ0) is 52.9. The smallest absolute Gasteiger partial charge is 0.306 e. The molecule has 0 spiro atoms. The molecule has 0 N–H and O–H groups in total. The lowest BCUT2D eigenvalue weighted by Gasteiger charge is -2.18. The lowest BCUT2D eigenvalue weighted by molar-refractivity contribution is -0.167. The molecule has 0 radical (unpaired) electrons. The number of unbranched alkanes of at least 4 members (excludes halogenated alkanes) is 46. The van der Waals surface area contributed by atoms with Crippen LogP contribution in [0.4, 0.5) is 0 Å². The van der Waals surface area contributed by atoms with Crippen molar-refractivity contribution in [1.82, 2.24) is 0 Å². The first-order chi connectivity index (χ1) is 36.0. The fourth-order valence-electron chi connectivity index (χ4n) is 10.0. The van der Waals surface area contributed by atoms with E-state index in [0.717, 1.165) is 77.0 Å². The van der Waals surface area contributed by atoms with Gasteiger partial charge >= 0.3 is 17.9 Å². The highest BCUT2D eigenvalue weighted by Crippen LogP contribution is 2.18. The van der Waals surface area contributed by atoms with Crippen LogP contribution in [0.1, 0.15) is 367 Å². The van der Waals surface area contributed by atoms with Crippen molar-refractivity contribution in [3.63, 3.8) is 0 Å². The van der Waals surface area contributed by atoms with Gasteiger partial charge in [0.2, 0.25) is 0 Å². The molecular formula is C67H126O6. The Morgan fingerprint density at radius 1 is 0.274 bits per heavy atom. The third kappa shape index (κ3) is 60.6. The number of allylic oxidation sites excluding steroid dienone is 4. The largest absolute Gasteiger partial charge is 0.462 e. The van der Waals surface area contributed by atoms with Crippen molar-refractivity contribution in [2.45, 2.75) is 374 Å². The predicted molar refractivity (Wildman–Crippen MR) is 316 cm³/mol. The summed E-state index contributed by atoms with van der Waals surface area (Å²) >= 11 is 0. The fraction of sp³-hybridized carbons (Fsp3) is 0.896. The normalized spacial score (nSPS) is 12.1. The number of ether oxygens (including phenoxy) is 3. The van der Waals surface area contributed by atoms with E-state index in [2.05, 4.69) is 45.1 Å². The highest BCUT2D eigenvalue weighted by molar-refractivity contribution is 5.71. The van der Waals surface area contributed by atoms with Crippen LogP contribution in [-0.2, 0) is 28.6 Å². The quantitative estimate of drug-likeness (QED) is 0.0261. The van der Waals surface area contributed by atoms with Crippen LogP contribution >= 0.6 is 0 Å². The molecule has 0 bridgehead atoms. The predicted octanol–water partition coefficient (Wildman–Crippen LogP) is 22.2. The van der Waals surface area contributed by atoms with Crippen molar-refractivity contribution >= 4 is 17.9 Å². The number of carbonyl (C=O) groups excluding carboxylic acids is 3. The zero-order valence-electron chi connectivity index (χ0n) is 49.4. The summed E-state index contributed by atoms with van der Waals surface area (Å²) in [6.07, 6.45) is 74.8. The Morgan fingerprint density at radius 2 is 0.493 bits per heavy atom. The maximum Gasteiger partial charge on any atom is 0.306 e. The van der Waals surface area contributed by atoms with Gasteiger partial charge in [-0.2, -0.15) is 0 Å². The molecule has 1 atom stereocenters. The van der Waals surface area contributed by atoms with Gasteiger partial charge < -0.3 is 14.2 Å². The van der Waals surface area contributed by atoms with Crippen molar-refractivity contribution in [2.75, 3.05) is 13.2 Å². The average Bonchev–Trinajstić information content (AvgIpc) is 3.39. The second-order valence-corrected chi connectivity index (χ2v) is 22.4. The Bertz CT molecular complexity index is 1180. The van der Waals surface area contributed by atoms with Crippen LogP contribution in [-0.4, -0.2) is 37.2 Å². The SMILES string of the molecule is CCCCC/C=C\C/C=C\CCCCCCCC(=O)OCC(COC(=O)CCCCCCCCCCCCCCCCCCCCCCCCCC)OC(=O)CCCCCCCCCCCCCCCCCC. The van der Waals surface area contributed by atoms with Gasteiger partial charge in [-0.3, -0.25) is 14.4 Å². The molecular weight excluding hydrogens is 901 g/mol. The van der Waals surface area contributed by atoms with Crippen molar-refractivity contribution in [3.8, 4) is 0 Å². The van der Waals surface area contributed by atoms with Gasteiger partial charge in [0.1, 0.15) is 13.2 Å². The fourth-order valence-corrected chi connectivity index (χ4v) is 10.0. The molecule has 6 heteroatoms. The molecule has 0 fully saturated rings. The average molecular weight is 1030 g/mol. The number of hydrogen-bond donors (Lipinski definition) is 0. The Balaban J connectivity index is 4.25. The number of esters is 3. The monoisotopic (exact) mass is 1030 g/mol. The first kappa shape index (κ1) is 70.9. The summed E-state index contributed by atoms with van der Waals surface area (Å²) in [7, 11) is 0. The van der Waals surface area contributed by atoms with E-state index >= 15 is 0 Å². The molecule has 6 nitrogen and oxygen atoms in total. The van der Waals surface area contributed by atoms with Crippen molar-refractivity contribution in [1.29, 1.82) is 0 Å². The van der Waals surface area contributed by atoms with Crippen molar-refractivity contribution < 1.29 is 28.6 Å². The minimum Gasteiger partial charge on any atom is -0.462 e. The molecule has 0 amide bonds. The van der Waals surface area contributed by atoms with Crippen LogP contribution in [0, 0.1) is 0 Å². The van der Waals surface area contributed by atoms with E-state index in [9.17, 15) is 14.4 Å². The molecule has 0 saturated carbocycles. The van der Waals surface area contributed by atoms with Gasteiger partial charge in [-0.25, -0.2) is 0 Å². The standard InChI is InChI=1S/C67H126O6/c1-4-7-10-13-16-19-22-25-28-30-31-32-33-34-35-36-37-40-42-45-48-51-54-57-60-66(69)72-63-64(62-71-65(68)59-56-53-50-47-44-41-38-27-24-21-18-15-12-9-6-3)73-67(70)61-58-55-52-49-46-43-39-29-26-23-20-17-14-11-8-5-2/h18,21,27,38,64H,4-17,19-20,22-26,28-37,39-63H2,1-3H3/b21-18-,38-27-. The number of carbonyl (C=O) groups is 3. The van der Waals surface area contributed by atoms with Gasteiger partial charge in [0, 0.05) is 19.3 Å². The summed E-state index contributed by atoms with van der Waals surface area (Å²) in [5, 5.41) is 0. The Labute approximate surface area is 455 Å². The summed E-state index contributed by atoms with van der Waals surface area (Å²) in [5.41, 5.74) is 0. The van der Waals surface area contributed by atoms with Gasteiger partial charge in [-0.1, -0.05) is 321 Å². The molecule has 0 aliphatic rings. The maximum absolute atomic E-state index is 12.9.